The summed E-state index contributed by atoms with van der Waals surface area (Å²) in [6.45, 7) is 0. The van der Waals surface area contributed by atoms with Gasteiger partial charge in [0.15, 0.2) is 0 Å². The molecule has 122 valence electrons. The highest BCUT2D eigenvalue weighted by atomic mass is 19.4. The molecule has 2 rings (SSSR count). The van der Waals surface area contributed by atoms with E-state index >= 15 is 0 Å². The van der Waals surface area contributed by atoms with Gasteiger partial charge in [0.1, 0.15) is 5.75 Å². The molecule has 2 aromatic carbocycles. The summed E-state index contributed by atoms with van der Waals surface area (Å²) in [7, 11) is 1.54. The van der Waals surface area contributed by atoms with Gasteiger partial charge in [-0.3, -0.25) is 15.6 Å². The summed E-state index contributed by atoms with van der Waals surface area (Å²) in [5.74, 6) is 0.309. The standard InChI is InChI=1S/C16H15F3N2O2/c1-23-14-7-5-11(6-8-14)9-15(22)21-20-13-4-2-3-12(10-13)16(17,18)19/h2-8,10,20H,9H2,1H3,(H,21,22). The van der Waals surface area contributed by atoms with Crippen LogP contribution >= 0.6 is 0 Å². The number of halogens is 3. The van der Waals surface area contributed by atoms with Crippen LogP contribution in [0.5, 0.6) is 5.75 Å². The van der Waals surface area contributed by atoms with Crippen LogP contribution in [0.3, 0.4) is 0 Å². The molecule has 7 heteroatoms. The zero-order chi connectivity index (χ0) is 16.9. The quantitative estimate of drug-likeness (QED) is 0.829. The number of benzene rings is 2. The monoisotopic (exact) mass is 324 g/mol. The van der Waals surface area contributed by atoms with Crippen molar-refractivity contribution >= 4 is 11.6 Å². The van der Waals surface area contributed by atoms with Crippen molar-refractivity contribution in [3.8, 4) is 5.75 Å². The summed E-state index contributed by atoms with van der Waals surface area (Å²) in [4.78, 5) is 11.8. The minimum Gasteiger partial charge on any atom is -0.497 e. The lowest BCUT2D eigenvalue weighted by Gasteiger charge is -2.11. The van der Waals surface area contributed by atoms with Crippen molar-refractivity contribution in [3.05, 3.63) is 59.7 Å². The fourth-order valence-corrected chi connectivity index (χ4v) is 1.89. The Hall–Kier alpha value is -2.70. The number of alkyl halides is 3. The van der Waals surface area contributed by atoms with Gasteiger partial charge in [0, 0.05) is 0 Å². The number of carbonyl (C=O) groups excluding carboxylic acids is 1. The summed E-state index contributed by atoms with van der Waals surface area (Å²) >= 11 is 0. The third-order valence-corrected chi connectivity index (χ3v) is 3.06. The maximum Gasteiger partial charge on any atom is 0.416 e. The van der Waals surface area contributed by atoms with Crippen molar-refractivity contribution in [1.29, 1.82) is 0 Å². The number of hydrogen-bond acceptors (Lipinski definition) is 3. The van der Waals surface area contributed by atoms with Crippen LogP contribution in [0.25, 0.3) is 0 Å². The molecule has 23 heavy (non-hydrogen) atoms. The van der Waals surface area contributed by atoms with Crippen molar-refractivity contribution < 1.29 is 22.7 Å². The van der Waals surface area contributed by atoms with Crippen molar-refractivity contribution in [2.45, 2.75) is 12.6 Å². The highest BCUT2D eigenvalue weighted by Crippen LogP contribution is 2.30. The van der Waals surface area contributed by atoms with Gasteiger partial charge in [0.2, 0.25) is 5.91 Å². The molecule has 1 amide bonds. The van der Waals surface area contributed by atoms with Crippen LogP contribution in [0, 0.1) is 0 Å². The highest BCUT2D eigenvalue weighted by molar-refractivity contribution is 5.79. The minimum atomic E-state index is -4.43. The zero-order valence-electron chi connectivity index (χ0n) is 12.3. The van der Waals surface area contributed by atoms with Gasteiger partial charge in [-0.05, 0) is 35.9 Å². The van der Waals surface area contributed by atoms with Crippen LogP contribution in [0.2, 0.25) is 0 Å². The molecular formula is C16H15F3N2O2. The van der Waals surface area contributed by atoms with Gasteiger partial charge in [-0.1, -0.05) is 18.2 Å². The van der Waals surface area contributed by atoms with Gasteiger partial charge in [0.25, 0.3) is 0 Å². The average Bonchev–Trinajstić information content (AvgIpc) is 2.53. The van der Waals surface area contributed by atoms with E-state index in [2.05, 4.69) is 10.9 Å². The summed E-state index contributed by atoms with van der Waals surface area (Å²) in [6, 6.07) is 11.5. The lowest BCUT2D eigenvalue weighted by Crippen LogP contribution is -2.30. The van der Waals surface area contributed by atoms with Gasteiger partial charge in [-0.2, -0.15) is 13.2 Å². The largest absolute Gasteiger partial charge is 0.497 e. The smallest absolute Gasteiger partial charge is 0.416 e. The second-order valence-corrected chi connectivity index (χ2v) is 4.78. The first kappa shape index (κ1) is 16.7. The van der Waals surface area contributed by atoms with Crippen LogP contribution in [-0.4, -0.2) is 13.0 Å². The summed E-state index contributed by atoms with van der Waals surface area (Å²) < 4.78 is 42.8. The van der Waals surface area contributed by atoms with Gasteiger partial charge in [-0.15, -0.1) is 0 Å². The third-order valence-electron chi connectivity index (χ3n) is 3.06. The summed E-state index contributed by atoms with van der Waals surface area (Å²) in [5.41, 5.74) is 4.97. The van der Waals surface area contributed by atoms with Crippen LogP contribution < -0.4 is 15.6 Å². The second-order valence-electron chi connectivity index (χ2n) is 4.78. The van der Waals surface area contributed by atoms with Gasteiger partial charge >= 0.3 is 6.18 Å². The number of anilines is 1. The molecule has 0 radical (unpaired) electrons. The molecule has 0 fully saturated rings. The Morgan fingerprint density at radius 2 is 1.83 bits per heavy atom. The second kappa shape index (κ2) is 7.04. The molecule has 0 saturated carbocycles. The van der Waals surface area contributed by atoms with Crippen molar-refractivity contribution in [2.75, 3.05) is 12.5 Å². The lowest BCUT2D eigenvalue weighted by molar-refractivity contribution is -0.137. The van der Waals surface area contributed by atoms with Crippen LogP contribution in [0.1, 0.15) is 11.1 Å². The molecule has 0 spiro atoms. The average molecular weight is 324 g/mol. The molecule has 0 atom stereocenters. The molecule has 4 nitrogen and oxygen atoms in total. The zero-order valence-corrected chi connectivity index (χ0v) is 12.3. The van der Waals surface area contributed by atoms with Gasteiger partial charge < -0.3 is 4.74 Å². The van der Waals surface area contributed by atoms with E-state index in [0.717, 1.165) is 17.7 Å². The molecule has 0 unspecified atom stereocenters. The summed E-state index contributed by atoms with van der Waals surface area (Å²) in [5, 5.41) is 0. The highest BCUT2D eigenvalue weighted by Gasteiger charge is 2.30. The first-order valence-electron chi connectivity index (χ1n) is 6.73. The van der Waals surface area contributed by atoms with Gasteiger partial charge in [-0.25, -0.2) is 0 Å². The Morgan fingerprint density at radius 3 is 2.43 bits per heavy atom. The van der Waals surface area contributed by atoms with Crippen molar-refractivity contribution in [3.63, 3.8) is 0 Å². The van der Waals surface area contributed by atoms with Crippen LogP contribution in [-0.2, 0) is 17.4 Å². The molecule has 0 aromatic heterocycles. The number of methoxy groups -OCH3 is 1. The SMILES string of the molecule is COc1ccc(CC(=O)NNc2cccc(C(F)(F)F)c2)cc1. The molecular weight excluding hydrogens is 309 g/mol. The van der Waals surface area contributed by atoms with Crippen molar-refractivity contribution in [1.82, 2.24) is 5.43 Å². The lowest BCUT2D eigenvalue weighted by atomic mass is 10.1. The van der Waals surface area contributed by atoms with E-state index in [1.807, 2.05) is 0 Å². The topological polar surface area (TPSA) is 50.4 Å². The number of amides is 1. The normalized spacial score (nSPS) is 11.0. The Labute approximate surface area is 131 Å². The molecule has 0 bridgehead atoms. The van der Waals surface area contributed by atoms with E-state index in [9.17, 15) is 18.0 Å². The number of ether oxygens (including phenoxy) is 1. The van der Waals surface area contributed by atoms with E-state index in [1.165, 1.54) is 12.1 Å². The van der Waals surface area contributed by atoms with E-state index in [4.69, 9.17) is 4.74 Å². The molecule has 0 aliphatic carbocycles. The fraction of sp³-hybridized carbons (Fsp3) is 0.188. The summed E-state index contributed by atoms with van der Waals surface area (Å²) in [6.07, 6.45) is -4.33. The predicted octanol–water partition coefficient (Wildman–Crippen LogP) is 3.40. The van der Waals surface area contributed by atoms with E-state index in [0.29, 0.717) is 5.75 Å². The Morgan fingerprint density at radius 1 is 1.13 bits per heavy atom. The Bertz CT molecular complexity index is 670. The van der Waals surface area contributed by atoms with E-state index in [-0.39, 0.29) is 18.0 Å². The number of hydrazine groups is 1. The van der Waals surface area contributed by atoms with Crippen LogP contribution in [0.4, 0.5) is 18.9 Å². The molecule has 0 heterocycles. The number of rotatable bonds is 5. The predicted molar refractivity (Wildman–Crippen MR) is 79.9 cm³/mol. The maximum absolute atomic E-state index is 12.6. The Kier molecular flexibility index (Phi) is 5.10. The number of hydrogen-bond donors (Lipinski definition) is 2. The molecule has 0 aliphatic heterocycles. The Balaban J connectivity index is 1.91. The fourth-order valence-electron chi connectivity index (χ4n) is 1.89. The molecule has 2 N–H and O–H groups in total. The number of carbonyl (C=O) groups is 1. The van der Waals surface area contributed by atoms with Crippen LogP contribution in [0.15, 0.2) is 48.5 Å². The minimum absolute atomic E-state index is 0.0932. The maximum atomic E-state index is 12.6. The van der Waals surface area contributed by atoms with Crippen molar-refractivity contribution in [2.24, 2.45) is 0 Å². The van der Waals surface area contributed by atoms with E-state index < -0.39 is 11.7 Å². The first-order valence-corrected chi connectivity index (χ1v) is 6.73. The molecule has 0 saturated heterocycles. The molecule has 2 aromatic rings. The van der Waals surface area contributed by atoms with E-state index in [1.54, 1.807) is 31.4 Å². The third kappa shape index (κ3) is 4.91. The van der Waals surface area contributed by atoms with Gasteiger partial charge in [0.05, 0.1) is 24.8 Å². The number of nitrogens with one attached hydrogen (secondary N) is 2. The molecule has 0 aliphatic rings. The first-order chi connectivity index (χ1) is 10.9.